The van der Waals surface area contributed by atoms with Crippen LogP contribution >= 0.6 is 0 Å². The SMILES string of the molecule is CCCCCCC(CC)OC(=O)c1cn(-c2cn[nH]c2)c2ccccc12. The standard InChI is InChI=1S/C21H27N3O2/c1-3-5-6-7-10-17(4-2)26-21(25)19-15-24(16-13-22-23-14-16)20-12-9-8-11-18(19)20/h8-9,11-15,17H,3-7,10H2,1-2H3,(H,22,23). The highest BCUT2D eigenvalue weighted by molar-refractivity contribution is 6.04. The minimum atomic E-state index is -0.245. The van der Waals surface area contributed by atoms with Crippen LogP contribution in [0.2, 0.25) is 0 Å². The monoisotopic (exact) mass is 353 g/mol. The average Bonchev–Trinajstić information content (AvgIpc) is 3.31. The van der Waals surface area contributed by atoms with Gasteiger partial charge >= 0.3 is 5.97 Å². The molecular formula is C21H27N3O2. The molecule has 0 radical (unpaired) electrons. The van der Waals surface area contributed by atoms with Crippen molar-refractivity contribution in [1.29, 1.82) is 0 Å². The number of nitrogens with one attached hydrogen (secondary N) is 1. The zero-order chi connectivity index (χ0) is 18.4. The zero-order valence-corrected chi connectivity index (χ0v) is 15.6. The van der Waals surface area contributed by atoms with Crippen molar-refractivity contribution in [3.05, 3.63) is 48.4 Å². The molecule has 26 heavy (non-hydrogen) atoms. The summed E-state index contributed by atoms with van der Waals surface area (Å²) in [5, 5.41) is 7.73. The molecule has 0 saturated carbocycles. The highest BCUT2D eigenvalue weighted by atomic mass is 16.5. The number of aromatic amines is 1. The van der Waals surface area contributed by atoms with Crippen LogP contribution in [0.1, 0.15) is 62.7 Å². The van der Waals surface area contributed by atoms with Gasteiger partial charge in [-0.05, 0) is 25.3 Å². The Bertz CT molecular complexity index is 836. The molecular weight excluding hydrogens is 326 g/mol. The van der Waals surface area contributed by atoms with Crippen LogP contribution in [-0.4, -0.2) is 26.8 Å². The third-order valence-corrected chi connectivity index (χ3v) is 4.80. The number of carbonyl (C=O) groups excluding carboxylic acids is 1. The van der Waals surface area contributed by atoms with Crippen molar-refractivity contribution in [3.8, 4) is 5.69 Å². The molecule has 5 heteroatoms. The Morgan fingerprint density at radius 3 is 2.81 bits per heavy atom. The largest absolute Gasteiger partial charge is 0.459 e. The van der Waals surface area contributed by atoms with Gasteiger partial charge in [0.05, 0.1) is 23.0 Å². The van der Waals surface area contributed by atoms with E-state index in [4.69, 9.17) is 4.74 Å². The third kappa shape index (κ3) is 3.98. The predicted molar refractivity (Wildman–Crippen MR) is 104 cm³/mol. The Kier molecular flexibility index (Phi) is 6.10. The molecule has 0 spiro atoms. The maximum absolute atomic E-state index is 12.8. The van der Waals surface area contributed by atoms with E-state index in [0.717, 1.165) is 35.9 Å². The molecule has 0 fully saturated rings. The molecule has 138 valence electrons. The molecule has 1 unspecified atom stereocenters. The second kappa shape index (κ2) is 8.70. The highest BCUT2D eigenvalue weighted by Crippen LogP contribution is 2.26. The lowest BCUT2D eigenvalue weighted by molar-refractivity contribution is 0.0269. The number of nitrogens with zero attached hydrogens (tertiary/aromatic N) is 2. The van der Waals surface area contributed by atoms with E-state index >= 15 is 0 Å². The molecule has 1 atom stereocenters. The summed E-state index contributed by atoms with van der Waals surface area (Å²) < 4.78 is 7.80. The molecule has 2 heterocycles. The van der Waals surface area contributed by atoms with Crippen LogP contribution in [0.5, 0.6) is 0 Å². The van der Waals surface area contributed by atoms with E-state index in [0.29, 0.717) is 5.56 Å². The first-order valence-corrected chi connectivity index (χ1v) is 9.54. The number of hydrogen-bond donors (Lipinski definition) is 1. The number of H-pyrrole nitrogens is 1. The van der Waals surface area contributed by atoms with Gasteiger partial charge in [0.15, 0.2) is 0 Å². The summed E-state index contributed by atoms with van der Waals surface area (Å²) >= 11 is 0. The van der Waals surface area contributed by atoms with Gasteiger partial charge in [-0.15, -0.1) is 0 Å². The molecule has 0 bridgehead atoms. The number of para-hydroxylation sites is 1. The molecule has 2 aromatic heterocycles. The Morgan fingerprint density at radius 2 is 2.08 bits per heavy atom. The van der Waals surface area contributed by atoms with E-state index in [1.807, 2.05) is 41.2 Å². The number of ether oxygens (including phenoxy) is 1. The fourth-order valence-corrected chi connectivity index (χ4v) is 3.29. The van der Waals surface area contributed by atoms with Gasteiger partial charge < -0.3 is 9.30 Å². The Hall–Kier alpha value is -2.56. The summed E-state index contributed by atoms with van der Waals surface area (Å²) in [5.74, 6) is -0.245. The van der Waals surface area contributed by atoms with E-state index in [-0.39, 0.29) is 12.1 Å². The Labute approximate surface area is 154 Å². The lowest BCUT2D eigenvalue weighted by atomic mass is 10.1. The van der Waals surface area contributed by atoms with Crippen molar-refractivity contribution in [1.82, 2.24) is 14.8 Å². The highest BCUT2D eigenvalue weighted by Gasteiger charge is 2.20. The smallest absolute Gasteiger partial charge is 0.340 e. The second-order valence-electron chi connectivity index (χ2n) is 6.67. The summed E-state index contributed by atoms with van der Waals surface area (Å²) in [6.07, 6.45) is 11.9. The summed E-state index contributed by atoms with van der Waals surface area (Å²) in [4.78, 5) is 12.8. The van der Waals surface area contributed by atoms with Crippen LogP contribution in [0.3, 0.4) is 0 Å². The van der Waals surface area contributed by atoms with Crippen LogP contribution in [0.4, 0.5) is 0 Å². The lowest BCUT2D eigenvalue weighted by Gasteiger charge is -2.15. The molecule has 0 aliphatic rings. The fourth-order valence-electron chi connectivity index (χ4n) is 3.29. The molecule has 0 aliphatic heterocycles. The summed E-state index contributed by atoms with van der Waals surface area (Å²) in [7, 11) is 0. The fraction of sp³-hybridized carbons (Fsp3) is 0.429. The van der Waals surface area contributed by atoms with Gasteiger partial charge in [0.2, 0.25) is 0 Å². The lowest BCUT2D eigenvalue weighted by Crippen LogP contribution is -2.17. The molecule has 0 saturated heterocycles. The number of hydrogen-bond acceptors (Lipinski definition) is 3. The Balaban J connectivity index is 1.80. The molecule has 1 aromatic carbocycles. The van der Waals surface area contributed by atoms with Gasteiger partial charge in [-0.25, -0.2) is 4.79 Å². The third-order valence-electron chi connectivity index (χ3n) is 4.80. The summed E-state index contributed by atoms with van der Waals surface area (Å²) in [5.41, 5.74) is 2.47. The number of carbonyl (C=O) groups is 1. The zero-order valence-electron chi connectivity index (χ0n) is 15.6. The molecule has 3 rings (SSSR count). The van der Waals surface area contributed by atoms with Gasteiger partial charge in [-0.1, -0.05) is 51.3 Å². The van der Waals surface area contributed by atoms with Crippen LogP contribution in [0.25, 0.3) is 16.6 Å². The number of esters is 1. The van der Waals surface area contributed by atoms with Gasteiger partial charge in [0.25, 0.3) is 0 Å². The average molecular weight is 353 g/mol. The minimum absolute atomic E-state index is 0.0182. The number of aromatic nitrogens is 3. The predicted octanol–water partition coefficient (Wildman–Crippen LogP) is 5.26. The van der Waals surface area contributed by atoms with E-state index in [1.54, 1.807) is 6.20 Å². The topological polar surface area (TPSA) is 59.9 Å². The first-order valence-electron chi connectivity index (χ1n) is 9.54. The first-order chi connectivity index (χ1) is 12.7. The molecule has 1 N–H and O–H groups in total. The molecule has 0 amide bonds. The molecule has 3 aromatic rings. The maximum Gasteiger partial charge on any atom is 0.340 e. The number of fused-ring (bicyclic) bond motifs is 1. The van der Waals surface area contributed by atoms with Crippen LogP contribution in [0.15, 0.2) is 42.9 Å². The normalized spacial score (nSPS) is 12.4. The van der Waals surface area contributed by atoms with Crippen LogP contribution < -0.4 is 0 Å². The summed E-state index contributed by atoms with van der Waals surface area (Å²) in [6, 6.07) is 7.88. The van der Waals surface area contributed by atoms with Gasteiger partial charge in [0.1, 0.15) is 6.10 Å². The van der Waals surface area contributed by atoms with Crippen molar-refractivity contribution in [3.63, 3.8) is 0 Å². The van der Waals surface area contributed by atoms with Crippen molar-refractivity contribution in [2.24, 2.45) is 0 Å². The Morgan fingerprint density at radius 1 is 1.23 bits per heavy atom. The molecule has 0 aliphatic carbocycles. The molecule has 5 nitrogen and oxygen atoms in total. The van der Waals surface area contributed by atoms with Gasteiger partial charge in [-0.3, -0.25) is 5.10 Å². The number of unbranched alkanes of at least 4 members (excludes halogenated alkanes) is 3. The van der Waals surface area contributed by atoms with Gasteiger partial charge in [-0.2, -0.15) is 5.10 Å². The van der Waals surface area contributed by atoms with E-state index in [9.17, 15) is 4.79 Å². The van der Waals surface area contributed by atoms with E-state index < -0.39 is 0 Å². The van der Waals surface area contributed by atoms with Crippen LogP contribution in [-0.2, 0) is 4.74 Å². The van der Waals surface area contributed by atoms with Crippen LogP contribution in [0, 0.1) is 0 Å². The first kappa shape index (κ1) is 18.2. The number of benzene rings is 1. The van der Waals surface area contributed by atoms with Crippen molar-refractivity contribution >= 4 is 16.9 Å². The summed E-state index contributed by atoms with van der Waals surface area (Å²) in [6.45, 7) is 4.28. The maximum atomic E-state index is 12.8. The van der Waals surface area contributed by atoms with Crippen molar-refractivity contribution in [2.75, 3.05) is 0 Å². The quantitative estimate of drug-likeness (QED) is 0.422. The van der Waals surface area contributed by atoms with Gasteiger partial charge in [0, 0.05) is 17.8 Å². The van der Waals surface area contributed by atoms with Crippen molar-refractivity contribution in [2.45, 2.75) is 58.5 Å². The number of rotatable bonds is 9. The van der Waals surface area contributed by atoms with Crippen molar-refractivity contribution < 1.29 is 9.53 Å². The van der Waals surface area contributed by atoms with E-state index in [1.165, 1.54) is 19.3 Å². The minimum Gasteiger partial charge on any atom is -0.459 e. The van der Waals surface area contributed by atoms with E-state index in [2.05, 4.69) is 24.0 Å². The second-order valence-corrected chi connectivity index (χ2v) is 6.67.